The Morgan fingerprint density at radius 3 is 2.53 bits per heavy atom. The second kappa shape index (κ2) is 5.10. The van der Waals surface area contributed by atoms with Gasteiger partial charge in [-0.25, -0.2) is 9.18 Å². The fourth-order valence-corrected chi connectivity index (χ4v) is 1.95. The van der Waals surface area contributed by atoms with Gasteiger partial charge in [0, 0.05) is 11.1 Å². The second-order valence-corrected chi connectivity index (χ2v) is 4.15. The number of carboxylic acids is 1. The van der Waals surface area contributed by atoms with E-state index in [1.807, 2.05) is 0 Å². The van der Waals surface area contributed by atoms with E-state index in [4.69, 9.17) is 4.74 Å². The van der Waals surface area contributed by atoms with E-state index in [1.54, 1.807) is 31.2 Å². The fourth-order valence-electron chi connectivity index (χ4n) is 1.95. The topological polar surface area (TPSA) is 46.5 Å². The van der Waals surface area contributed by atoms with Crippen molar-refractivity contribution in [1.29, 1.82) is 0 Å². The summed E-state index contributed by atoms with van der Waals surface area (Å²) < 4.78 is 18.7. The number of aromatic carboxylic acids is 1. The van der Waals surface area contributed by atoms with Crippen LogP contribution in [-0.2, 0) is 0 Å². The average Bonchev–Trinajstić information content (AvgIpc) is 2.41. The number of carboxylic acid groups (broad SMARTS) is 1. The van der Waals surface area contributed by atoms with Crippen molar-refractivity contribution in [3.05, 3.63) is 53.3 Å². The van der Waals surface area contributed by atoms with Crippen LogP contribution in [0.5, 0.6) is 5.75 Å². The third kappa shape index (κ3) is 2.42. The Bertz CT molecular complexity index is 635. The molecule has 2 aromatic rings. The van der Waals surface area contributed by atoms with Crippen LogP contribution in [0.2, 0.25) is 0 Å². The lowest BCUT2D eigenvalue weighted by molar-refractivity contribution is 0.0697. The van der Waals surface area contributed by atoms with Crippen LogP contribution < -0.4 is 4.74 Å². The Morgan fingerprint density at radius 2 is 1.89 bits per heavy atom. The highest BCUT2D eigenvalue weighted by Crippen LogP contribution is 2.33. The normalized spacial score (nSPS) is 10.3. The summed E-state index contributed by atoms with van der Waals surface area (Å²) in [6.07, 6.45) is 0. The minimum atomic E-state index is -1.17. The lowest BCUT2D eigenvalue weighted by atomic mass is 9.96. The second-order valence-electron chi connectivity index (χ2n) is 4.15. The van der Waals surface area contributed by atoms with Crippen LogP contribution in [0.1, 0.15) is 15.9 Å². The monoisotopic (exact) mass is 260 g/mol. The van der Waals surface area contributed by atoms with E-state index in [-0.39, 0.29) is 5.56 Å². The van der Waals surface area contributed by atoms with Gasteiger partial charge in [-0.1, -0.05) is 18.2 Å². The van der Waals surface area contributed by atoms with Gasteiger partial charge in [-0.2, -0.15) is 0 Å². The van der Waals surface area contributed by atoms with Gasteiger partial charge in [-0.3, -0.25) is 0 Å². The quantitative estimate of drug-likeness (QED) is 0.918. The zero-order valence-electron chi connectivity index (χ0n) is 10.6. The number of carbonyl (C=O) groups is 1. The van der Waals surface area contributed by atoms with Gasteiger partial charge >= 0.3 is 5.97 Å². The Hall–Kier alpha value is -2.36. The highest BCUT2D eigenvalue weighted by atomic mass is 19.1. The Labute approximate surface area is 110 Å². The molecule has 0 aliphatic heterocycles. The predicted octanol–water partition coefficient (Wildman–Crippen LogP) is 3.51. The van der Waals surface area contributed by atoms with Crippen LogP contribution in [0.4, 0.5) is 4.39 Å². The first kappa shape index (κ1) is 13.1. The minimum absolute atomic E-state index is 0.0763. The van der Waals surface area contributed by atoms with E-state index in [0.29, 0.717) is 22.4 Å². The largest absolute Gasteiger partial charge is 0.496 e. The molecule has 0 bridgehead atoms. The van der Waals surface area contributed by atoms with Crippen LogP contribution in [-0.4, -0.2) is 18.2 Å². The van der Waals surface area contributed by atoms with E-state index >= 15 is 0 Å². The average molecular weight is 260 g/mol. The van der Waals surface area contributed by atoms with Gasteiger partial charge < -0.3 is 9.84 Å². The van der Waals surface area contributed by atoms with Gasteiger partial charge in [0.2, 0.25) is 0 Å². The van der Waals surface area contributed by atoms with Crippen molar-refractivity contribution >= 4 is 5.97 Å². The Balaban J connectivity index is 2.74. The molecule has 0 saturated carbocycles. The van der Waals surface area contributed by atoms with Crippen molar-refractivity contribution in [1.82, 2.24) is 0 Å². The minimum Gasteiger partial charge on any atom is -0.496 e. The van der Waals surface area contributed by atoms with Gasteiger partial charge in [-0.15, -0.1) is 0 Å². The summed E-state index contributed by atoms with van der Waals surface area (Å²) in [5.74, 6) is -1.15. The van der Waals surface area contributed by atoms with E-state index < -0.39 is 11.8 Å². The molecule has 0 aliphatic carbocycles. The maximum absolute atomic E-state index is 13.5. The molecule has 3 nitrogen and oxygen atoms in total. The molecule has 0 aliphatic rings. The van der Waals surface area contributed by atoms with Crippen molar-refractivity contribution in [2.45, 2.75) is 6.92 Å². The van der Waals surface area contributed by atoms with E-state index in [9.17, 15) is 14.3 Å². The summed E-state index contributed by atoms with van der Waals surface area (Å²) in [5.41, 5.74) is 1.40. The maximum Gasteiger partial charge on any atom is 0.336 e. The first-order chi connectivity index (χ1) is 9.04. The number of rotatable bonds is 3. The molecule has 0 saturated heterocycles. The fraction of sp³-hybridized carbons (Fsp3) is 0.133. The number of methoxy groups -OCH3 is 1. The molecule has 98 valence electrons. The molecule has 4 heteroatoms. The van der Waals surface area contributed by atoms with Gasteiger partial charge in [0.05, 0.1) is 12.7 Å². The number of para-hydroxylation sites is 1. The van der Waals surface area contributed by atoms with E-state index in [0.717, 1.165) is 6.07 Å². The third-order valence-electron chi connectivity index (χ3n) is 2.93. The van der Waals surface area contributed by atoms with Crippen molar-refractivity contribution in [2.24, 2.45) is 0 Å². The summed E-state index contributed by atoms with van der Waals surface area (Å²) in [4.78, 5) is 11.3. The van der Waals surface area contributed by atoms with Crippen LogP contribution in [0.25, 0.3) is 11.1 Å². The van der Waals surface area contributed by atoms with Crippen molar-refractivity contribution in [3.8, 4) is 16.9 Å². The molecule has 0 amide bonds. The molecule has 0 radical (unpaired) electrons. The van der Waals surface area contributed by atoms with Gasteiger partial charge in [0.1, 0.15) is 11.6 Å². The third-order valence-corrected chi connectivity index (χ3v) is 2.93. The smallest absolute Gasteiger partial charge is 0.336 e. The summed E-state index contributed by atoms with van der Waals surface area (Å²) in [6, 6.07) is 9.62. The lowest BCUT2D eigenvalue weighted by Crippen LogP contribution is -2.02. The van der Waals surface area contributed by atoms with Crippen LogP contribution >= 0.6 is 0 Å². The van der Waals surface area contributed by atoms with Crippen molar-refractivity contribution < 1.29 is 19.0 Å². The standard InChI is InChI=1S/C15H13FO3/c1-9-7-11(12(15(17)18)8-13(9)16)10-5-3-4-6-14(10)19-2/h3-8H,1-2H3,(H,17,18). The summed E-state index contributed by atoms with van der Waals surface area (Å²) in [7, 11) is 1.51. The molecule has 2 aromatic carbocycles. The van der Waals surface area contributed by atoms with Crippen molar-refractivity contribution in [2.75, 3.05) is 7.11 Å². The number of hydrogen-bond donors (Lipinski definition) is 1. The number of ether oxygens (including phenoxy) is 1. The number of halogens is 1. The first-order valence-electron chi connectivity index (χ1n) is 5.71. The molecular weight excluding hydrogens is 247 g/mol. The molecule has 0 heterocycles. The van der Waals surface area contributed by atoms with Gasteiger partial charge in [0.15, 0.2) is 0 Å². The van der Waals surface area contributed by atoms with Crippen LogP contribution in [0.15, 0.2) is 36.4 Å². The molecule has 0 fully saturated rings. The maximum atomic E-state index is 13.5. The molecule has 0 atom stereocenters. The SMILES string of the molecule is COc1ccccc1-c1cc(C)c(F)cc1C(=O)O. The van der Waals surface area contributed by atoms with Crippen molar-refractivity contribution in [3.63, 3.8) is 0 Å². The molecule has 0 spiro atoms. The molecule has 1 N–H and O–H groups in total. The van der Waals surface area contributed by atoms with Crippen LogP contribution in [0, 0.1) is 12.7 Å². The molecule has 0 unspecified atom stereocenters. The zero-order valence-corrected chi connectivity index (χ0v) is 10.6. The highest BCUT2D eigenvalue weighted by Gasteiger charge is 2.17. The number of aryl methyl sites for hydroxylation is 1. The van der Waals surface area contributed by atoms with E-state index in [2.05, 4.69) is 0 Å². The summed E-state index contributed by atoms with van der Waals surface area (Å²) in [6.45, 7) is 1.60. The highest BCUT2D eigenvalue weighted by molar-refractivity contribution is 5.97. The molecule has 2 rings (SSSR count). The number of hydrogen-bond acceptors (Lipinski definition) is 2. The molecule has 0 aromatic heterocycles. The summed E-state index contributed by atoms with van der Waals surface area (Å²) >= 11 is 0. The van der Waals surface area contributed by atoms with Gasteiger partial charge in [-0.05, 0) is 30.7 Å². The zero-order chi connectivity index (χ0) is 14.0. The van der Waals surface area contributed by atoms with E-state index in [1.165, 1.54) is 13.2 Å². The Morgan fingerprint density at radius 1 is 1.21 bits per heavy atom. The predicted molar refractivity (Wildman–Crippen MR) is 70.1 cm³/mol. The van der Waals surface area contributed by atoms with Gasteiger partial charge in [0.25, 0.3) is 0 Å². The van der Waals surface area contributed by atoms with Crippen LogP contribution in [0.3, 0.4) is 0 Å². The Kier molecular flexibility index (Phi) is 3.51. The summed E-state index contributed by atoms with van der Waals surface area (Å²) in [5, 5.41) is 9.20. The molecular formula is C15H13FO3. The first-order valence-corrected chi connectivity index (χ1v) is 5.71. The lowest BCUT2D eigenvalue weighted by Gasteiger charge is -2.12. The number of benzene rings is 2. The molecule has 19 heavy (non-hydrogen) atoms.